The van der Waals surface area contributed by atoms with Crippen LogP contribution in [0.1, 0.15) is 36.6 Å². The van der Waals surface area contributed by atoms with Gasteiger partial charge in [-0.3, -0.25) is 14.6 Å². The van der Waals surface area contributed by atoms with Crippen LogP contribution in [0.4, 0.5) is 0 Å². The number of ether oxygens (including phenoxy) is 3. The van der Waals surface area contributed by atoms with Gasteiger partial charge < -0.3 is 24.2 Å². The van der Waals surface area contributed by atoms with Gasteiger partial charge in [0.25, 0.3) is 11.7 Å². The summed E-state index contributed by atoms with van der Waals surface area (Å²) in [5.41, 5.74) is 1.67. The molecule has 1 aliphatic rings. The molecule has 1 saturated heterocycles. The molecule has 0 radical (unpaired) electrons. The van der Waals surface area contributed by atoms with Gasteiger partial charge in [-0.15, -0.1) is 0 Å². The molecule has 3 aromatic rings. The fourth-order valence-corrected chi connectivity index (χ4v) is 4.23. The fraction of sp³-hybridized carbons (Fsp3) is 0.276. The van der Waals surface area contributed by atoms with Crippen molar-refractivity contribution in [1.29, 1.82) is 0 Å². The molecule has 1 aliphatic heterocycles. The predicted octanol–water partition coefficient (Wildman–Crippen LogP) is 4.76. The highest BCUT2D eigenvalue weighted by molar-refractivity contribution is 6.46. The Balaban J connectivity index is 1.82. The Morgan fingerprint density at radius 3 is 2.38 bits per heavy atom. The minimum atomic E-state index is -0.891. The van der Waals surface area contributed by atoms with E-state index in [4.69, 9.17) is 14.2 Å². The molecule has 2 aromatic carbocycles. The molecule has 2 heterocycles. The molecule has 0 saturated carbocycles. The number of aromatic nitrogens is 1. The number of aliphatic hydroxyl groups is 1. The molecule has 192 valence electrons. The van der Waals surface area contributed by atoms with Gasteiger partial charge in [-0.2, -0.15) is 0 Å². The number of aliphatic hydroxyl groups excluding tert-OH is 1. The molecule has 1 N–H and O–H groups in total. The SMILES string of the molecule is COc1ccc(C2/C(=C(/O)c3ccc(OCC(C)C)cc3)C(=O)C(=O)N2Cc2cccnc2)c(OC)c1. The molecule has 1 amide bonds. The molecular formula is C29H30N2O6. The number of nitrogens with zero attached hydrogens (tertiary/aromatic N) is 2. The average Bonchev–Trinajstić information content (AvgIpc) is 3.16. The zero-order valence-electron chi connectivity index (χ0n) is 21.3. The van der Waals surface area contributed by atoms with E-state index in [0.29, 0.717) is 40.9 Å². The Labute approximate surface area is 216 Å². The average molecular weight is 503 g/mol. The van der Waals surface area contributed by atoms with Crippen molar-refractivity contribution >= 4 is 17.4 Å². The van der Waals surface area contributed by atoms with Gasteiger partial charge in [-0.05, 0) is 53.9 Å². The molecule has 8 nitrogen and oxygen atoms in total. The highest BCUT2D eigenvalue weighted by Crippen LogP contribution is 2.44. The lowest BCUT2D eigenvalue weighted by Gasteiger charge is -2.26. The summed E-state index contributed by atoms with van der Waals surface area (Å²) < 4.78 is 16.7. The van der Waals surface area contributed by atoms with Gasteiger partial charge in [0, 0.05) is 36.1 Å². The first-order valence-corrected chi connectivity index (χ1v) is 12.0. The fourth-order valence-electron chi connectivity index (χ4n) is 4.23. The van der Waals surface area contributed by atoms with Crippen molar-refractivity contribution in [2.75, 3.05) is 20.8 Å². The zero-order chi connectivity index (χ0) is 26.5. The van der Waals surface area contributed by atoms with Crippen LogP contribution in [0.5, 0.6) is 17.2 Å². The second-order valence-electron chi connectivity index (χ2n) is 9.13. The summed E-state index contributed by atoms with van der Waals surface area (Å²) in [5.74, 6) is 0.228. The molecule has 8 heteroatoms. The number of carbonyl (C=O) groups excluding carboxylic acids is 2. The summed E-state index contributed by atoms with van der Waals surface area (Å²) in [4.78, 5) is 32.2. The largest absolute Gasteiger partial charge is 0.507 e. The molecule has 0 bridgehead atoms. The second-order valence-corrected chi connectivity index (χ2v) is 9.13. The van der Waals surface area contributed by atoms with Crippen molar-refractivity contribution in [3.05, 3.63) is 89.3 Å². The number of hydrogen-bond donors (Lipinski definition) is 1. The van der Waals surface area contributed by atoms with Crippen LogP contribution in [0, 0.1) is 5.92 Å². The van der Waals surface area contributed by atoms with Crippen LogP contribution in [0.25, 0.3) is 5.76 Å². The molecular weight excluding hydrogens is 472 g/mol. The minimum Gasteiger partial charge on any atom is -0.507 e. The van der Waals surface area contributed by atoms with E-state index in [0.717, 1.165) is 5.56 Å². The summed E-state index contributed by atoms with van der Waals surface area (Å²) in [7, 11) is 3.04. The number of methoxy groups -OCH3 is 2. The molecule has 0 aliphatic carbocycles. The van der Waals surface area contributed by atoms with E-state index in [-0.39, 0.29) is 17.9 Å². The Morgan fingerprint density at radius 1 is 1.03 bits per heavy atom. The van der Waals surface area contributed by atoms with Gasteiger partial charge in [-0.1, -0.05) is 19.9 Å². The van der Waals surface area contributed by atoms with Gasteiger partial charge in [0.2, 0.25) is 0 Å². The first-order valence-electron chi connectivity index (χ1n) is 12.0. The number of amides is 1. The van der Waals surface area contributed by atoms with Crippen molar-refractivity contribution in [3.63, 3.8) is 0 Å². The smallest absolute Gasteiger partial charge is 0.295 e. The topological polar surface area (TPSA) is 98.2 Å². The Bertz CT molecular complexity index is 1300. The van der Waals surface area contributed by atoms with E-state index < -0.39 is 17.7 Å². The third-order valence-corrected chi connectivity index (χ3v) is 6.06. The van der Waals surface area contributed by atoms with Gasteiger partial charge >= 0.3 is 0 Å². The molecule has 1 atom stereocenters. The van der Waals surface area contributed by atoms with Crippen LogP contribution in [0.15, 0.2) is 72.6 Å². The van der Waals surface area contributed by atoms with E-state index in [1.165, 1.54) is 19.1 Å². The van der Waals surface area contributed by atoms with E-state index in [9.17, 15) is 14.7 Å². The van der Waals surface area contributed by atoms with Gasteiger partial charge in [0.1, 0.15) is 23.0 Å². The summed E-state index contributed by atoms with van der Waals surface area (Å²) in [6.07, 6.45) is 3.27. The van der Waals surface area contributed by atoms with Gasteiger partial charge in [0.15, 0.2) is 0 Å². The number of pyridine rings is 1. The monoisotopic (exact) mass is 502 g/mol. The van der Waals surface area contributed by atoms with E-state index in [1.54, 1.807) is 60.9 Å². The number of likely N-dealkylation sites (tertiary alicyclic amines) is 1. The lowest BCUT2D eigenvalue weighted by molar-refractivity contribution is -0.140. The third-order valence-electron chi connectivity index (χ3n) is 6.06. The molecule has 4 rings (SSSR count). The molecule has 37 heavy (non-hydrogen) atoms. The second kappa shape index (κ2) is 11.2. The molecule has 0 spiro atoms. The summed E-state index contributed by atoms with van der Waals surface area (Å²) in [6.45, 7) is 4.79. The number of ketones is 1. The Morgan fingerprint density at radius 2 is 1.76 bits per heavy atom. The lowest BCUT2D eigenvalue weighted by Crippen LogP contribution is -2.29. The standard InChI is InChI=1S/C29H30N2O6/c1-18(2)17-37-21-9-7-20(8-10-21)27(32)25-26(23-12-11-22(35-3)14-24(23)36-4)31(29(34)28(25)33)16-19-6-5-13-30-15-19/h5-15,18,26,32H,16-17H2,1-4H3/b27-25-. The predicted molar refractivity (Wildman–Crippen MR) is 138 cm³/mol. The normalized spacial score (nSPS) is 16.8. The summed E-state index contributed by atoms with van der Waals surface area (Å²) >= 11 is 0. The summed E-state index contributed by atoms with van der Waals surface area (Å²) in [5, 5.41) is 11.4. The van der Waals surface area contributed by atoms with E-state index in [2.05, 4.69) is 18.8 Å². The van der Waals surface area contributed by atoms with Crippen molar-refractivity contribution in [3.8, 4) is 17.2 Å². The maximum atomic E-state index is 13.4. The summed E-state index contributed by atoms with van der Waals surface area (Å²) in [6, 6.07) is 14.6. The number of benzene rings is 2. The van der Waals surface area contributed by atoms with Crippen LogP contribution < -0.4 is 14.2 Å². The van der Waals surface area contributed by atoms with E-state index in [1.807, 2.05) is 6.07 Å². The lowest BCUT2D eigenvalue weighted by atomic mass is 9.94. The number of carbonyl (C=O) groups is 2. The first kappa shape index (κ1) is 25.8. The van der Waals surface area contributed by atoms with Crippen LogP contribution >= 0.6 is 0 Å². The third kappa shape index (κ3) is 5.43. The molecule has 1 unspecified atom stereocenters. The highest BCUT2D eigenvalue weighted by Gasteiger charge is 2.47. The van der Waals surface area contributed by atoms with Crippen molar-refractivity contribution < 1.29 is 28.9 Å². The van der Waals surface area contributed by atoms with Crippen LogP contribution in [-0.2, 0) is 16.1 Å². The quantitative estimate of drug-likeness (QED) is 0.256. The Hall–Kier alpha value is -4.33. The molecule has 1 aromatic heterocycles. The van der Waals surface area contributed by atoms with Gasteiger partial charge in [0.05, 0.1) is 32.4 Å². The van der Waals surface area contributed by atoms with Crippen LogP contribution in [-0.4, -0.2) is 47.5 Å². The highest BCUT2D eigenvalue weighted by atomic mass is 16.5. The number of hydrogen-bond acceptors (Lipinski definition) is 7. The number of rotatable bonds is 9. The maximum absolute atomic E-state index is 13.4. The Kier molecular flexibility index (Phi) is 7.77. The number of Topliss-reactive ketones (excluding diaryl/α,β-unsaturated/α-hetero) is 1. The molecule has 1 fully saturated rings. The van der Waals surface area contributed by atoms with Crippen molar-refractivity contribution in [1.82, 2.24) is 9.88 Å². The van der Waals surface area contributed by atoms with Crippen molar-refractivity contribution in [2.45, 2.75) is 26.4 Å². The van der Waals surface area contributed by atoms with Gasteiger partial charge in [-0.25, -0.2) is 0 Å². The first-order chi connectivity index (χ1) is 17.8. The van der Waals surface area contributed by atoms with Crippen LogP contribution in [0.3, 0.4) is 0 Å². The van der Waals surface area contributed by atoms with Crippen molar-refractivity contribution in [2.24, 2.45) is 5.92 Å². The van der Waals surface area contributed by atoms with E-state index >= 15 is 0 Å². The zero-order valence-corrected chi connectivity index (χ0v) is 21.3. The maximum Gasteiger partial charge on any atom is 0.295 e. The minimum absolute atomic E-state index is 0.0202. The van der Waals surface area contributed by atoms with Crippen LogP contribution in [0.2, 0.25) is 0 Å².